The van der Waals surface area contributed by atoms with Gasteiger partial charge in [0.25, 0.3) is 0 Å². The van der Waals surface area contributed by atoms with Crippen LogP contribution in [0.3, 0.4) is 0 Å². The lowest BCUT2D eigenvalue weighted by molar-refractivity contribution is -0.840. The maximum Gasteiger partial charge on any atom is 0.351 e. The molecule has 4 aliphatic rings. The molecule has 0 bridgehead atoms. The standard InChI is InChI=1S/C30H38N2O18/c33-8-18-20(36)22(38)24(40)29(48-18)50-25-23(39)21(37)19(9-34)49-30(25)47-17-6-11-5-15(28(45)46)32(14(11)7-16(17)35)2-1-10-3-12(26(41)42)31-13(4-10)27(43)44/h1,3,6-7,13,15,18-25,29-31,33-40H,2,4-5,8-9H2,(H,41,42)(H,43,44)(H,45,46)/b10-1-/t13-,15-,18-,19+,20+,21+,22-,23-,24+,25+,29-,30+/m0/s1. The van der Waals surface area contributed by atoms with Gasteiger partial charge in [0.1, 0.15) is 78.7 Å². The van der Waals surface area contributed by atoms with Crippen molar-refractivity contribution in [1.29, 1.82) is 0 Å². The topological polar surface area (TPSA) is 330 Å². The molecule has 0 aliphatic carbocycles. The van der Waals surface area contributed by atoms with Crippen LogP contribution < -0.4 is 20.1 Å². The highest BCUT2D eigenvalue weighted by Gasteiger charge is 2.51. The highest BCUT2D eigenvalue weighted by Crippen LogP contribution is 2.37. The number of carboxylic acids is 3. The van der Waals surface area contributed by atoms with Gasteiger partial charge in [-0.05, 0) is 23.8 Å². The SMILES string of the molecule is O=C(O)C1=C/C(=C/C[NH+]2c3cc(O)c(O[C@@H]4O[C@H](CO)[C@@H](O)[C@H](O)[C@H]4O[C@@H]4O[C@@H](CO)[C@@H](O)[C@H](O)[C@H]4O)cc3C[C@H]2C(=O)[O-])C[C@@H](C(=O)O)N1. The van der Waals surface area contributed by atoms with Gasteiger partial charge in [-0.1, -0.05) is 0 Å². The number of quaternary nitrogens is 1. The number of carbonyl (C=O) groups excluding carboxylic acids is 1. The molecular formula is C30H38N2O18. The molecule has 0 radical (unpaired) electrons. The Labute approximate surface area is 282 Å². The van der Waals surface area contributed by atoms with E-state index in [0.29, 0.717) is 11.1 Å². The van der Waals surface area contributed by atoms with Crippen molar-refractivity contribution < 1.29 is 94.4 Å². The third-order valence-electron chi connectivity index (χ3n) is 9.08. The Bertz CT molecular complexity index is 1520. The minimum Gasteiger partial charge on any atom is -0.544 e. The van der Waals surface area contributed by atoms with Crippen LogP contribution in [0.15, 0.2) is 35.6 Å². The second-order valence-electron chi connectivity index (χ2n) is 12.3. The van der Waals surface area contributed by atoms with E-state index in [0.717, 1.165) is 0 Å². The monoisotopic (exact) mass is 714 g/mol. The number of phenolic OH excluding ortho intramolecular Hbond substituents is 1. The normalized spacial score (nSPS) is 37.8. The largest absolute Gasteiger partial charge is 0.544 e. The van der Waals surface area contributed by atoms with Gasteiger partial charge >= 0.3 is 11.9 Å². The zero-order chi connectivity index (χ0) is 36.6. The van der Waals surface area contributed by atoms with Crippen molar-refractivity contribution in [3.8, 4) is 11.5 Å². The summed E-state index contributed by atoms with van der Waals surface area (Å²) in [6, 6.07) is 0.0151. The highest BCUT2D eigenvalue weighted by molar-refractivity contribution is 5.89. The van der Waals surface area contributed by atoms with E-state index in [1.54, 1.807) is 0 Å². The number of hydrogen-bond donors (Lipinski definition) is 12. The molecule has 0 saturated carbocycles. The van der Waals surface area contributed by atoms with Crippen LogP contribution in [-0.4, -0.2) is 162 Å². The van der Waals surface area contributed by atoms with Crippen LogP contribution in [0.5, 0.6) is 11.5 Å². The number of carboxylic acid groups (broad SMARTS) is 3. The average molecular weight is 715 g/mol. The van der Waals surface area contributed by atoms with Crippen molar-refractivity contribution in [3.05, 3.63) is 41.1 Å². The number of hydrogen-bond acceptors (Lipinski definition) is 17. The number of aliphatic hydroxyl groups excluding tert-OH is 7. The molecule has 5 rings (SSSR count). The van der Waals surface area contributed by atoms with E-state index in [1.165, 1.54) is 24.3 Å². The van der Waals surface area contributed by atoms with Crippen LogP contribution in [0.4, 0.5) is 5.69 Å². The first-order valence-corrected chi connectivity index (χ1v) is 15.5. The number of aromatic hydroxyl groups is 1. The fourth-order valence-electron chi connectivity index (χ4n) is 6.35. The number of allylic oxidation sites excluding steroid dienone is 1. The molecule has 0 amide bonds. The fraction of sp³-hybridized carbons (Fsp3) is 0.567. The Morgan fingerprint density at radius 3 is 2.16 bits per heavy atom. The van der Waals surface area contributed by atoms with E-state index in [2.05, 4.69) is 5.32 Å². The molecule has 20 heteroatoms. The first-order valence-electron chi connectivity index (χ1n) is 15.5. The molecule has 2 saturated heterocycles. The predicted octanol–water partition coefficient (Wildman–Crippen LogP) is -7.07. The number of fused-ring (bicyclic) bond motifs is 1. The van der Waals surface area contributed by atoms with Crippen LogP contribution in [-0.2, 0) is 35.0 Å². The molecule has 2 fully saturated rings. The molecule has 20 nitrogen and oxygen atoms in total. The van der Waals surface area contributed by atoms with Gasteiger partial charge in [-0.2, -0.15) is 0 Å². The lowest BCUT2D eigenvalue weighted by atomic mass is 9.97. The summed E-state index contributed by atoms with van der Waals surface area (Å²) in [5, 5.41) is 116. The van der Waals surface area contributed by atoms with E-state index in [9.17, 15) is 70.6 Å². The Kier molecular flexibility index (Phi) is 11.3. The van der Waals surface area contributed by atoms with Gasteiger partial charge in [-0.15, -0.1) is 0 Å². The molecule has 4 aliphatic heterocycles. The average Bonchev–Trinajstić information content (AvgIpc) is 3.43. The smallest absolute Gasteiger partial charge is 0.351 e. The number of nitrogens with one attached hydrogen (secondary N) is 2. The van der Waals surface area contributed by atoms with Crippen LogP contribution in [0, 0.1) is 0 Å². The number of aliphatic hydroxyl groups is 7. The van der Waals surface area contributed by atoms with Gasteiger partial charge in [0.15, 0.2) is 23.9 Å². The summed E-state index contributed by atoms with van der Waals surface area (Å²) >= 11 is 0. The summed E-state index contributed by atoms with van der Waals surface area (Å²) in [5.41, 5.74) is 0.587. The summed E-state index contributed by atoms with van der Waals surface area (Å²) in [4.78, 5) is 35.5. The molecule has 0 aromatic heterocycles. The molecule has 4 heterocycles. The Morgan fingerprint density at radius 2 is 1.56 bits per heavy atom. The van der Waals surface area contributed by atoms with Gasteiger partial charge in [-0.3, -0.25) is 4.90 Å². The van der Waals surface area contributed by atoms with E-state index < -0.39 is 110 Å². The van der Waals surface area contributed by atoms with Crippen molar-refractivity contribution in [1.82, 2.24) is 5.32 Å². The van der Waals surface area contributed by atoms with Crippen LogP contribution in [0.2, 0.25) is 0 Å². The van der Waals surface area contributed by atoms with Gasteiger partial charge < -0.3 is 85.2 Å². The van der Waals surface area contributed by atoms with E-state index in [-0.39, 0.29) is 41.4 Å². The fourth-order valence-corrected chi connectivity index (χ4v) is 6.35. The minimum absolute atomic E-state index is 0.0840. The van der Waals surface area contributed by atoms with E-state index >= 15 is 0 Å². The maximum atomic E-state index is 12.2. The zero-order valence-corrected chi connectivity index (χ0v) is 26.0. The molecule has 13 atom stereocenters. The van der Waals surface area contributed by atoms with Gasteiger partial charge in [0.2, 0.25) is 6.29 Å². The lowest BCUT2D eigenvalue weighted by Gasteiger charge is -2.45. The van der Waals surface area contributed by atoms with Gasteiger partial charge in [0.05, 0.1) is 13.2 Å². The van der Waals surface area contributed by atoms with Crippen molar-refractivity contribution in [2.24, 2.45) is 0 Å². The Hall–Kier alpha value is -3.93. The van der Waals surface area contributed by atoms with Crippen molar-refractivity contribution >= 4 is 23.6 Å². The third kappa shape index (κ3) is 7.41. The first-order chi connectivity index (χ1) is 23.6. The maximum absolute atomic E-state index is 12.2. The quantitative estimate of drug-likeness (QED) is 0.101. The van der Waals surface area contributed by atoms with Crippen LogP contribution in [0.1, 0.15) is 12.0 Å². The molecule has 12 N–H and O–H groups in total. The lowest BCUT2D eigenvalue weighted by Crippen LogP contribution is -3.11. The first kappa shape index (κ1) is 37.3. The molecule has 0 spiro atoms. The Balaban J connectivity index is 1.41. The molecule has 1 aromatic rings. The number of ether oxygens (including phenoxy) is 4. The van der Waals surface area contributed by atoms with Crippen molar-refractivity contribution in [2.45, 2.75) is 86.3 Å². The van der Waals surface area contributed by atoms with Crippen LogP contribution >= 0.6 is 0 Å². The van der Waals surface area contributed by atoms with Crippen LogP contribution in [0.25, 0.3) is 0 Å². The summed E-state index contributed by atoms with van der Waals surface area (Å²) in [6.45, 7) is -1.69. The molecular weight excluding hydrogens is 676 g/mol. The molecule has 1 aromatic carbocycles. The van der Waals surface area contributed by atoms with E-state index in [4.69, 9.17) is 18.9 Å². The number of carbonyl (C=O) groups is 3. The van der Waals surface area contributed by atoms with Crippen molar-refractivity contribution in [3.63, 3.8) is 0 Å². The predicted molar refractivity (Wildman–Crippen MR) is 156 cm³/mol. The highest BCUT2D eigenvalue weighted by atomic mass is 16.8. The number of phenols is 1. The number of benzene rings is 1. The molecule has 276 valence electrons. The molecule has 1 unspecified atom stereocenters. The number of aliphatic carboxylic acids is 3. The second-order valence-corrected chi connectivity index (χ2v) is 12.3. The van der Waals surface area contributed by atoms with Gasteiger partial charge in [0, 0.05) is 24.5 Å². The summed E-state index contributed by atoms with van der Waals surface area (Å²) in [5.74, 6) is -5.03. The van der Waals surface area contributed by atoms with Crippen molar-refractivity contribution in [2.75, 3.05) is 19.8 Å². The number of rotatable bonds is 11. The Morgan fingerprint density at radius 1 is 0.920 bits per heavy atom. The zero-order valence-electron chi connectivity index (χ0n) is 26.0. The summed E-state index contributed by atoms with van der Waals surface area (Å²) < 4.78 is 22.4. The minimum atomic E-state index is -1.92. The second kappa shape index (κ2) is 15.1. The summed E-state index contributed by atoms with van der Waals surface area (Å²) in [6.07, 6.45) is -14.8. The van der Waals surface area contributed by atoms with E-state index in [1.807, 2.05) is 0 Å². The third-order valence-corrected chi connectivity index (χ3v) is 9.08. The molecule has 50 heavy (non-hydrogen) atoms. The summed E-state index contributed by atoms with van der Waals surface area (Å²) in [7, 11) is 0. The van der Waals surface area contributed by atoms with Gasteiger partial charge in [-0.25, -0.2) is 9.59 Å².